The third kappa shape index (κ3) is 5.85. The first-order valence-electron chi connectivity index (χ1n) is 7.94. The first kappa shape index (κ1) is 16.6. The van der Waals surface area contributed by atoms with E-state index < -0.39 is 0 Å². The summed E-state index contributed by atoms with van der Waals surface area (Å²) >= 11 is 6.11. The van der Waals surface area contributed by atoms with Crippen molar-refractivity contribution in [1.82, 2.24) is 5.32 Å². The summed E-state index contributed by atoms with van der Waals surface area (Å²) in [5, 5.41) is 4.09. The molecule has 4 heteroatoms. The average Bonchev–Trinajstić information content (AvgIpc) is 2.52. The van der Waals surface area contributed by atoms with Gasteiger partial charge in [0.15, 0.2) is 0 Å². The standard InChI is InChI=1S/C17H26ClNO2/c1-20-17-9-8-14(12-16(17)18)13-19-10-5-11-21-15-6-3-2-4-7-15/h8-9,12,15,19H,2-7,10-11,13H2,1H3. The van der Waals surface area contributed by atoms with Crippen LogP contribution in [-0.2, 0) is 11.3 Å². The summed E-state index contributed by atoms with van der Waals surface area (Å²) in [6.07, 6.45) is 8.11. The van der Waals surface area contributed by atoms with Crippen molar-refractivity contribution in [2.45, 2.75) is 51.2 Å². The van der Waals surface area contributed by atoms with Crippen LogP contribution in [0.1, 0.15) is 44.1 Å². The highest BCUT2D eigenvalue weighted by atomic mass is 35.5. The van der Waals surface area contributed by atoms with Crippen LogP contribution in [0.5, 0.6) is 5.75 Å². The van der Waals surface area contributed by atoms with Crippen molar-refractivity contribution >= 4 is 11.6 Å². The minimum atomic E-state index is 0.513. The molecule has 1 fully saturated rings. The van der Waals surface area contributed by atoms with Crippen LogP contribution >= 0.6 is 11.6 Å². The molecule has 0 heterocycles. The number of nitrogens with one attached hydrogen (secondary N) is 1. The average molecular weight is 312 g/mol. The van der Waals surface area contributed by atoms with Gasteiger partial charge < -0.3 is 14.8 Å². The second kappa shape index (κ2) is 9.29. The Bertz CT molecular complexity index is 419. The van der Waals surface area contributed by atoms with Gasteiger partial charge in [0.05, 0.1) is 18.2 Å². The van der Waals surface area contributed by atoms with Gasteiger partial charge in [0, 0.05) is 13.2 Å². The van der Waals surface area contributed by atoms with E-state index in [0.717, 1.165) is 31.9 Å². The van der Waals surface area contributed by atoms with E-state index in [0.29, 0.717) is 11.1 Å². The summed E-state index contributed by atoms with van der Waals surface area (Å²) in [6.45, 7) is 2.66. The summed E-state index contributed by atoms with van der Waals surface area (Å²) in [4.78, 5) is 0. The molecule has 1 aliphatic carbocycles. The van der Waals surface area contributed by atoms with Gasteiger partial charge in [-0.25, -0.2) is 0 Å². The van der Waals surface area contributed by atoms with Crippen molar-refractivity contribution in [1.29, 1.82) is 0 Å². The van der Waals surface area contributed by atoms with Crippen LogP contribution in [0.4, 0.5) is 0 Å². The van der Waals surface area contributed by atoms with E-state index in [4.69, 9.17) is 21.1 Å². The van der Waals surface area contributed by atoms with Crippen molar-refractivity contribution in [2.75, 3.05) is 20.3 Å². The van der Waals surface area contributed by atoms with E-state index >= 15 is 0 Å². The Kier molecular flexibility index (Phi) is 7.34. The lowest BCUT2D eigenvalue weighted by Gasteiger charge is -2.21. The maximum absolute atomic E-state index is 6.11. The van der Waals surface area contributed by atoms with Crippen LogP contribution in [-0.4, -0.2) is 26.4 Å². The fourth-order valence-electron chi connectivity index (χ4n) is 2.73. The molecule has 0 aromatic heterocycles. The highest BCUT2D eigenvalue weighted by Crippen LogP contribution is 2.24. The highest BCUT2D eigenvalue weighted by Gasteiger charge is 2.12. The third-order valence-electron chi connectivity index (χ3n) is 3.95. The Balaban J connectivity index is 1.56. The molecule has 0 aliphatic heterocycles. The molecule has 0 amide bonds. The molecule has 1 aromatic rings. The lowest BCUT2D eigenvalue weighted by atomic mass is 9.98. The maximum atomic E-state index is 6.11. The first-order valence-corrected chi connectivity index (χ1v) is 8.32. The van der Waals surface area contributed by atoms with Crippen LogP contribution in [0.3, 0.4) is 0 Å². The van der Waals surface area contributed by atoms with Gasteiger partial charge in [0.2, 0.25) is 0 Å². The quantitative estimate of drug-likeness (QED) is 0.731. The Hall–Kier alpha value is -0.770. The number of rotatable bonds is 8. The molecule has 118 valence electrons. The molecule has 1 aliphatic rings. The lowest BCUT2D eigenvalue weighted by molar-refractivity contribution is 0.0273. The number of hydrogen-bond acceptors (Lipinski definition) is 3. The molecule has 0 bridgehead atoms. The summed E-state index contributed by atoms with van der Waals surface area (Å²) in [7, 11) is 1.63. The molecule has 0 radical (unpaired) electrons. The molecule has 2 rings (SSSR count). The van der Waals surface area contributed by atoms with Gasteiger partial charge in [0.25, 0.3) is 0 Å². The SMILES string of the molecule is COc1ccc(CNCCCOC2CCCCC2)cc1Cl. The number of halogens is 1. The van der Waals surface area contributed by atoms with Crippen LogP contribution in [0.25, 0.3) is 0 Å². The van der Waals surface area contributed by atoms with Gasteiger partial charge in [0.1, 0.15) is 5.75 Å². The zero-order chi connectivity index (χ0) is 14.9. The summed E-state index contributed by atoms with van der Waals surface area (Å²) in [5.41, 5.74) is 1.17. The lowest BCUT2D eigenvalue weighted by Crippen LogP contribution is -2.20. The maximum Gasteiger partial charge on any atom is 0.137 e. The van der Waals surface area contributed by atoms with Gasteiger partial charge in [-0.1, -0.05) is 36.9 Å². The van der Waals surface area contributed by atoms with E-state index in [1.807, 2.05) is 18.2 Å². The van der Waals surface area contributed by atoms with Crippen molar-refractivity contribution in [3.8, 4) is 5.75 Å². The smallest absolute Gasteiger partial charge is 0.137 e. The predicted octanol–water partition coefficient (Wildman–Crippen LogP) is 4.18. The summed E-state index contributed by atoms with van der Waals surface area (Å²) in [5.74, 6) is 0.723. The van der Waals surface area contributed by atoms with Crippen molar-refractivity contribution in [2.24, 2.45) is 0 Å². The van der Waals surface area contributed by atoms with Gasteiger partial charge in [-0.3, -0.25) is 0 Å². The van der Waals surface area contributed by atoms with Crippen LogP contribution in [0, 0.1) is 0 Å². The normalized spacial score (nSPS) is 16.1. The molecule has 1 N–H and O–H groups in total. The predicted molar refractivity (Wildman–Crippen MR) is 87.2 cm³/mol. The second-order valence-corrected chi connectivity index (χ2v) is 6.04. The fraction of sp³-hybridized carbons (Fsp3) is 0.647. The van der Waals surface area contributed by atoms with E-state index in [1.165, 1.54) is 37.7 Å². The van der Waals surface area contributed by atoms with Gasteiger partial charge in [-0.15, -0.1) is 0 Å². The summed E-state index contributed by atoms with van der Waals surface area (Å²) in [6, 6.07) is 5.90. The van der Waals surface area contributed by atoms with Crippen molar-refractivity contribution < 1.29 is 9.47 Å². The largest absolute Gasteiger partial charge is 0.495 e. The van der Waals surface area contributed by atoms with Gasteiger partial charge >= 0.3 is 0 Å². The fourth-order valence-corrected chi connectivity index (χ4v) is 3.01. The molecule has 0 unspecified atom stereocenters. The Morgan fingerprint density at radius 1 is 1.24 bits per heavy atom. The molecule has 0 atom stereocenters. The molecular weight excluding hydrogens is 286 g/mol. The third-order valence-corrected chi connectivity index (χ3v) is 4.24. The highest BCUT2D eigenvalue weighted by molar-refractivity contribution is 6.32. The number of ether oxygens (including phenoxy) is 2. The first-order chi connectivity index (χ1) is 10.3. The van der Waals surface area contributed by atoms with E-state index in [1.54, 1.807) is 7.11 Å². The summed E-state index contributed by atoms with van der Waals surface area (Å²) < 4.78 is 11.1. The van der Waals surface area contributed by atoms with Crippen molar-refractivity contribution in [3.63, 3.8) is 0 Å². The van der Waals surface area contributed by atoms with Crippen LogP contribution in [0.15, 0.2) is 18.2 Å². The number of benzene rings is 1. The minimum Gasteiger partial charge on any atom is -0.495 e. The Morgan fingerprint density at radius 2 is 2.05 bits per heavy atom. The van der Waals surface area contributed by atoms with Gasteiger partial charge in [-0.05, 0) is 43.5 Å². The van der Waals surface area contributed by atoms with Crippen molar-refractivity contribution in [3.05, 3.63) is 28.8 Å². The second-order valence-electron chi connectivity index (χ2n) is 5.63. The van der Waals surface area contributed by atoms with E-state index in [-0.39, 0.29) is 0 Å². The number of methoxy groups -OCH3 is 1. The molecule has 0 spiro atoms. The minimum absolute atomic E-state index is 0.513. The Labute approximate surface area is 133 Å². The molecular formula is C17H26ClNO2. The number of hydrogen-bond donors (Lipinski definition) is 1. The van der Waals surface area contributed by atoms with Gasteiger partial charge in [-0.2, -0.15) is 0 Å². The topological polar surface area (TPSA) is 30.5 Å². The van der Waals surface area contributed by atoms with E-state index in [2.05, 4.69) is 5.32 Å². The van der Waals surface area contributed by atoms with E-state index in [9.17, 15) is 0 Å². The zero-order valence-electron chi connectivity index (χ0n) is 12.9. The Morgan fingerprint density at radius 3 is 2.76 bits per heavy atom. The van der Waals surface area contributed by atoms with Crippen LogP contribution in [0.2, 0.25) is 5.02 Å². The monoisotopic (exact) mass is 311 g/mol. The zero-order valence-corrected chi connectivity index (χ0v) is 13.6. The molecule has 1 aromatic carbocycles. The molecule has 1 saturated carbocycles. The van der Waals surface area contributed by atoms with Crippen LogP contribution < -0.4 is 10.1 Å². The molecule has 0 saturated heterocycles. The molecule has 21 heavy (non-hydrogen) atoms. The molecule has 3 nitrogen and oxygen atoms in total.